The Balaban J connectivity index is 0.0000000900. The maximum atomic E-state index is 3.88. The van der Waals surface area contributed by atoms with Gasteiger partial charge in [-0.2, -0.15) is 0 Å². The molecule has 1 rings (SSSR count). The monoisotopic (exact) mass is 240 g/mol. The molecule has 1 heterocycles. The second-order valence-corrected chi connectivity index (χ2v) is 0.274. The van der Waals surface area contributed by atoms with Gasteiger partial charge in [0, 0.05) is 21.1 Å². The second-order valence-electron chi connectivity index (χ2n) is 0.274. The Kier molecular flexibility index (Phi) is 1.44. The zero-order valence-corrected chi connectivity index (χ0v) is 3.94. The van der Waals surface area contributed by atoms with E-state index in [4.69, 9.17) is 0 Å². The van der Waals surface area contributed by atoms with Gasteiger partial charge < -0.3 is 9.90 Å². The van der Waals surface area contributed by atoms with Crippen LogP contribution < -0.4 is 5.27 Å². The predicted molar refractivity (Wildman–Crippen MR) is 6.38 cm³/mol. The molecule has 4 heavy (non-hydrogen) atoms. The number of rotatable bonds is 0. The van der Waals surface area contributed by atoms with Crippen LogP contribution in [0.2, 0.25) is 0 Å². The van der Waals surface area contributed by atoms with E-state index in [0.717, 1.165) is 0 Å². The minimum absolute atomic E-state index is 0. The van der Waals surface area contributed by atoms with E-state index in [1.807, 2.05) is 0 Å². The molecule has 0 aromatic carbocycles. The fourth-order valence-electron chi connectivity index (χ4n) is 0. The van der Waals surface area contributed by atoms with Crippen molar-refractivity contribution in [2.45, 2.75) is 0 Å². The second kappa shape index (κ2) is 1.41. The first-order valence-electron chi connectivity index (χ1n) is 0.610. The average Bonchev–Trinajstić information content (AvgIpc) is 1.46. The van der Waals surface area contributed by atoms with Crippen LogP contribution in [-0.2, 0) is 21.1 Å². The maximum Gasteiger partial charge on any atom is 0 e. The fourth-order valence-corrected chi connectivity index (χ4v) is 0. The summed E-state index contributed by atoms with van der Waals surface area (Å²) in [7, 11) is 0. The van der Waals surface area contributed by atoms with Gasteiger partial charge in [-0.3, -0.25) is 5.27 Å². The first-order chi connectivity index (χ1) is 1.50. The normalized spacial score (nSPS) is 6.00. The molecule has 28 valence electrons. The van der Waals surface area contributed by atoms with E-state index in [1.54, 1.807) is 0 Å². The quantitative estimate of drug-likeness (QED) is 0.668. The maximum absolute atomic E-state index is 3.88. The molecule has 0 aliphatic rings. The van der Waals surface area contributed by atoms with Crippen LogP contribution in [-0.4, -0.2) is 5.27 Å². The molecule has 0 spiro atoms. The van der Waals surface area contributed by atoms with E-state index >= 15 is 0 Å². The Labute approximate surface area is 36.9 Å². The van der Waals surface area contributed by atoms with Gasteiger partial charge in [0.2, 0.25) is 0 Å². The predicted octanol–water partition coefficient (Wildman–Crippen LogP) is -0.438. The van der Waals surface area contributed by atoms with Crippen LogP contribution in [0.1, 0.15) is 0 Å². The summed E-state index contributed by atoms with van der Waals surface area (Å²) in [5.74, 6) is 0. The molecule has 0 amide bonds. The summed E-state index contributed by atoms with van der Waals surface area (Å²) < 4.78 is 3.88. The number of nitrogens with zero attached hydrogens (tertiary/aromatic N) is 1. The van der Waals surface area contributed by atoms with E-state index in [9.17, 15) is 0 Å². The molecule has 0 fully saturated rings. The van der Waals surface area contributed by atoms with Crippen LogP contribution in [0.5, 0.6) is 0 Å². The molecule has 1 N–H and O–H groups in total. The van der Waals surface area contributed by atoms with Crippen LogP contribution in [0.25, 0.3) is 0 Å². The van der Waals surface area contributed by atoms with Gasteiger partial charge in [0.25, 0.3) is 0 Å². The van der Waals surface area contributed by atoms with Crippen molar-refractivity contribution in [3.63, 3.8) is 0 Å². The molecule has 1 aromatic rings. The van der Waals surface area contributed by atoms with Gasteiger partial charge in [0.1, 0.15) is 0 Å². The molecule has 0 aliphatic carbocycles. The third-order valence-electron chi connectivity index (χ3n) is 0.0913. The Morgan fingerprint density at radius 1 is 1.75 bits per heavy atom. The summed E-state index contributed by atoms with van der Waals surface area (Å²) in [5.41, 5.74) is 0. The van der Waals surface area contributed by atoms with Gasteiger partial charge in [-0.15, -0.1) is 0 Å². The zero-order valence-electron chi connectivity index (χ0n) is 1.67. The molecular weight excluding hydrogens is 239 g/mol. The smallest absolute Gasteiger partial charge is 0 e. The van der Waals surface area contributed by atoms with Crippen LogP contribution in [0, 0.1) is 0 Å². The summed E-state index contributed by atoms with van der Waals surface area (Å²) >= 11 is 0. The number of nitrogens with one attached hydrogen (secondary N) is 1. The number of aromatic nitrogens is 2. The third-order valence-corrected chi connectivity index (χ3v) is 0.0913. The fraction of sp³-hybridized carbons (Fsp3) is 0. The summed E-state index contributed by atoms with van der Waals surface area (Å²) in [5, 5.41) is 5.12. The number of hydrogen-bond acceptors (Lipinski definition) is 1. The Morgan fingerprint density at radius 2 is 2.00 bits per heavy atom. The van der Waals surface area contributed by atoms with E-state index in [-0.39, 0.29) is 21.1 Å². The van der Waals surface area contributed by atoms with Gasteiger partial charge >= 0.3 is 0 Å². The van der Waals surface area contributed by atoms with Crippen molar-refractivity contribution in [1.82, 2.24) is 10.5 Å². The zero-order chi connectivity index (χ0) is 2.12. The molecule has 3 nitrogen and oxygen atoms in total. The van der Waals surface area contributed by atoms with Gasteiger partial charge in [-0.25, -0.2) is 0 Å². The summed E-state index contributed by atoms with van der Waals surface area (Å²) in [6.07, 6.45) is 0. The van der Waals surface area contributed by atoms with E-state index in [0.29, 0.717) is 0 Å². The molecule has 0 saturated heterocycles. The minimum Gasteiger partial charge on any atom is -0.462 e. The summed E-state index contributed by atoms with van der Waals surface area (Å²) in [6, 6.07) is 0. The molecule has 0 unspecified atom stereocenters. The molecule has 0 radical (unpaired) electrons. The van der Waals surface area contributed by atoms with Crippen molar-refractivity contribution in [3.8, 4) is 0 Å². The van der Waals surface area contributed by atoms with Gasteiger partial charge in [-0.05, 0) is 0 Å². The number of hydrogen-bond donors (Lipinski definition) is 1. The first kappa shape index (κ1) is 4.09. The topological polar surface area (TPSA) is 43.0 Å². The summed E-state index contributed by atoms with van der Waals surface area (Å²) in [6.45, 7) is 0. The van der Waals surface area contributed by atoms with Crippen molar-refractivity contribution in [2.24, 2.45) is 0 Å². The minimum atomic E-state index is 0. The molecule has 0 bridgehead atoms. The molecule has 0 saturated carbocycles. The Morgan fingerprint density at radius 3 is 2.00 bits per heavy atom. The van der Waals surface area contributed by atoms with Gasteiger partial charge in [0.05, 0.1) is 0 Å². The van der Waals surface area contributed by atoms with Crippen LogP contribution in [0.15, 0.2) is 4.63 Å². The van der Waals surface area contributed by atoms with E-state index < -0.39 is 0 Å². The van der Waals surface area contributed by atoms with Crippen molar-refractivity contribution in [1.29, 1.82) is 0 Å². The molecule has 0 aliphatic heterocycles. The number of H-pyrrole nitrogens is 1. The SMILES string of the molecule is [Pt].[n-]1[nH]o1. The van der Waals surface area contributed by atoms with Crippen molar-refractivity contribution < 1.29 is 25.7 Å². The standard InChI is InChI=1S/HN2O.Pt/c1-2-3-1;/h1H;/q-1;. The van der Waals surface area contributed by atoms with Gasteiger partial charge in [-0.1, -0.05) is 0 Å². The molecular formula is HN2OPt-. The van der Waals surface area contributed by atoms with Crippen molar-refractivity contribution in [3.05, 3.63) is 0 Å². The van der Waals surface area contributed by atoms with Gasteiger partial charge in [0.15, 0.2) is 0 Å². The summed E-state index contributed by atoms with van der Waals surface area (Å²) in [4.78, 5) is 0. The van der Waals surface area contributed by atoms with Crippen LogP contribution in [0.4, 0.5) is 0 Å². The molecule has 4 heteroatoms. The van der Waals surface area contributed by atoms with E-state index in [2.05, 4.69) is 15.2 Å². The number of aromatic amines is 1. The average molecular weight is 240 g/mol. The Hall–Kier alpha value is 0.0883. The van der Waals surface area contributed by atoms with Crippen molar-refractivity contribution >= 4 is 0 Å². The molecule has 1 aromatic heterocycles. The van der Waals surface area contributed by atoms with E-state index in [1.165, 1.54) is 0 Å². The Bertz CT molecular complexity index is 34.1. The van der Waals surface area contributed by atoms with Crippen LogP contribution >= 0.6 is 0 Å². The van der Waals surface area contributed by atoms with Crippen molar-refractivity contribution in [2.75, 3.05) is 0 Å². The third kappa shape index (κ3) is 2.09. The van der Waals surface area contributed by atoms with Crippen LogP contribution in [0.3, 0.4) is 0 Å². The molecule has 0 atom stereocenters. The largest absolute Gasteiger partial charge is 0.462 e. The first-order valence-corrected chi connectivity index (χ1v) is 0.610.